The molecule has 8 heteroatoms. The maximum atomic E-state index is 11.7. The molecule has 124 valence electrons. The number of aromatic nitrogens is 2. The molecule has 0 radical (unpaired) electrons. The summed E-state index contributed by atoms with van der Waals surface area (Å²) < 4.78 is 9.97. The Bertz CT molecular complexity index is 724. The fourth-order valence-electron chi connectivity index (χ4n) is 1.68. The highest BCUT2D eigenvalue weighted by Gasteiger charge is 2.12. The van der Waals surface area contributed by atoms with Gasteiger partial charge in [0.15, 0.2) is 5.16 Å². The lowest BCUT2D eigenvalue weighted by Gasteiger charge is -2.05. The number of hydrogen-bond donors (Lipinski definition) is 1. The number of methoxy groups -OCH3 is 1. The van der Waals surface area contributed by atoms with Gasteiger partial charge in [0, 0.05) is 11.8 Å². The van der Waals surface area contributed by atoms with E-state index in [1.807, 2.05) is 0 Å². The third-order valence-corrected chi connectivity index (χ3v) is 4.76. The Hall–Kier alpha value is -1.67. The first-order chi connectivity index (χ1) is 11.0. The SMILES string of the molecule is COC(=O)c1ccc(CSc2nc(CSC(C)C)cc(=O)[nH]2)o1. The molecule has 0 aliphatic carbocycles. The number of ether oxygens (including phenoxy) is 1. The summed E-state index contributed by atoms with van der Waals surface area (Å²) in [6.45, 7) is 4.20. The van der Waals surface area contributed by atoms with E-state index in [-0.39, 0.29) is 11.3 Å². The summed E-state index contributed by atoms with van der Waals surface area (Å²) in [6.07, 6.45) is 0. The van der Waals surface area contributed by atoms with Crippen LogP contribution in [0.3, 0.4) is 0 Å². The van der Waals surface area contributed by atoms with E-state index in [0.29, 0.717) is 27.7 Å². The molecule has 0 aromatic carbocycles. The van der Waals surface area contributed by atoms with Gasteiger partial charge in [-0.3, -0.25) is 4.79 Å². The fraction of sp³-hybridized carbons (Fsp3) is 0.400. The molecule has 0 aliphatic rings. The van der Waals surface area contributed by atoms with Crippen LogP contribution in [0.1, 0.15) is 35.9 Å². The van der Waals surface area contributed by atoms with Crippen molar-refractivity contribution in [3.63, 3.8) is 0 Å². The summed E-state index contributed by atoms with van der Waals surface area (Å²) in [5.74, 6) is 1.41. The van der Waals surface area contributed by atoms with E-state index in [2.05, 4.69) is 28.6 Å². The predicted octanol–water partition coefficient (Wildman–Crippen LogP) is 3.08. The van der Waals surface area contributed by atoms with Gasteiger partial charge in [-0.05, 0) is 17.4 Å². The zero-order valence-electron chi connectivity index (χ0n) is 13.1. The summed E-state index contributed by atoms with van der Waals surface area (Å²) in [5, 5.41) is 1.01. The normalized spacial score (nSPS) is 11.0. The van der Waals surface area contributed by atoms with Crippen molar-refractivity contribution < 1.29 is 13.9 Å². The lowest BCUT2D eigenvalue weighted by Crippen LogP contribution is -2.10. The van der Waals surface area contributed by atoms with E-state index >= 15 is 0 Å². The molecule has 0 saturated carbocycles. The number of esters is 1. The monoisotopic (exact) mass is 354 g/mol. The number of furan rings is 1. The van der Waals surface area contributed by atoms with Gasteiger partial charge in [-0.25, -0.2) is 9.78 Å². The average molecular weight is 354 g/mol. The largest absolute Gasteiger partial charge is 0.463 e. The zero-order chi connectivity index (χ0) is 16.8. The molecule has 2 rings (SSSR count). The van der Waals surface area contributed by atoms with Crippen LogP contribution in [-0.4, -0.2) is 28.3 Å². The molecule has 23 heavy (non-hydrogen) atoms. The highest BCUT2D eigenvalue weighted by Crippen LogP contribution is 2.22. The number of carbonyl (C=O) groups is 1. The van der Waals surface area contributed by atoms with Crippen molar-refractivity contribution in [3.05, 3.63) is 45.8 Å². The van der Waals surface area contributed by atoms with Gasteiger partial charge >= 0.3 is 5.97 Å². The lowest BCUT2D eigenvalue weighted by molar-refractivity contribution is 0.0563. The molecular formula is C15H18N2O4S2. The maximum absolute atomic E-state index is 11.7. The molecule has 0 amide bonds. The van der Waals surface area contributed by atoms with E-state index in [1.54, 1.807) is 23.9 Å². The highest BCUT2D eigenvalue weighted by atomic mass is 32.2. The highest BCUT2D eigenvalue weighted by molar-refractivity contribution is 7.99. The van der Waals surface area contributed by atoms with Gasteiger partial charge in [0.05, 0.1) is 18.6 Å². The summed E-state index contributed by atoms with van der Waals surface area (Å²) in [5.41, 5.74) is 0.584. The van der Waals surface area contributed by atoms with E-state index in [0.717, 1.165) is 5.69 Å². The Balaban J connectivity index is 2.01. The van der Waals surface area contributed by atoms with Crippen LogP contribution in [-0.2, 0) is 16.2 Å². The number of hydrogen-bond acceptors (Lipinski definition) is 7. The van der Waals surface area contributed by atoms with Gasteiger partial charge in [0.25, 0.3) is 5.56 Å². The van der Waals surface area contributed by atoms with Gasteiger partial charge in [-0.15, -0.1) is 0 Å². The Morgan fingerprint density at radius 1 is 1.39 bits per heavy atom. The van der Waals surface area contributed by atoms with E-state index < -0.39 is 5.97 Å². The molecule has 2 aromatic rings. The zero-order valence-corrected chi connectivity index (χ0v) is 14.8. The molecule has 0 spiro atoms. The molecular weight excluding hydrogens is 336 g/mol. The Morgan fingerprint density at radius 2 is 2.17 bits per heavy atom. The van der Waals surface area contributed by atoms with Crippen molar-refractivity contribution in [3.8, 4) is 0 Å². The van der Waals surface area contributed by atoms with Crippen molar-refractivity contribution in [1.29, 1.82) is 0 Å². The summed E-state index contributed by atoms with van der Waals surface area (Å²) in [7, 11) is 1.30. The van der Waals surface area contributed by atoms with Crippen LogP contribution in [0, 0.1) is 0 Å². The summed E-state index contributed by atoms with van der Waals surface area (Å²) in [6, 6.07) is 4.78. The van der Waals surface area contributed by atoms with E-state index in [1.165, 1.54) is 24.9 Å². The minimum Gasteiger partial charge on any atom is -0.463 e. The molecule has 2 heterocycles. The van der Waals surface area contributed by atoms with Crippen molar-refractivity contribution in [2.24, 2.45) is 0 Å². The first-order valence-corrected chi connectivity index (χ1v) is 9.03. The molecule has 0 aliphatic heterocycles. The number of rotatable bonds is 7. The van der Waals surface area contributed by atoms with Gasteiger partial charge in [-0.1, -0.05) is 25.6 Å². The number of nitrogens with one attached hydrogen (secondary N) is 1. The molecule has 0 fully saturated rings. The topological polar surface area (TPSA) is 85.2 Å². The maximum Gasteiger partial charge on any atom is 0.373 e. The number of aromatic amines is 1. The van der Waals surface area contributed by atoms with Gasteiger partial charge < -0.3 is 14.1 Å². The first kappa shape index (κ1) is 17.7. The van der Waals surface area contributed by atoms with E-state index in [9.17, 15) is 9.59 Å². The summed E-state index contributed by atoms with van der Waals surface area (Å²) >= 11 is 3.08. The Morgan fingerprint density at radius 3 is 2.87 bits per heavy atom. The smallest absolute Gasteiger partial charge is 0.373 e. The lowest BCUT2D eigenvalue weighted by atomic mass is 10.4. The van der Waals surface area contributed by atoms with Gasteiger partial charge in [-0.2, -0.15) is 11.8 Å². The standard InChI is InChI=1S/C15H18N2O4S2/c1-9(2)22-7-10-6-13(18)17-15(16-10)23-8-11-4-5-12(21-11)14(19)20-3/h4-6,9H,7-8H2,1-3H3,(H,16,17,18). The van der Waals surface area contributed by atoms with Crippen molar-refractivity contribution >= 4 is 29.5 Å². The molecule has 0 bridgehead atoms. The minimum absolute atomic E-state index is 0.159. The van der Waals surface area contributed by atoms with Gasteiger partial charge in [0.2, 0.25) is 5.76 Å². The second-order valence-corrected chi connectivity index (χ2v) is 7.48. The van der Waals surface area contributed by atoms with Crippen LogP contribution in [0.2, 0.25) is 0 Å². The first-order valence-electron chi connectivity index (χ1n) is 6.99. The fourth-order valence-corrected chi connectivity index (χ4v) is 3.12. The second-order valence-electron chi connectivity index (χ2n) is 4.95. The van der Waals surface area contributed by atoms with Crippen LogP contribution in [0.5, 0.6) is 0 Å². The minimum atomic E-state index is -0.513. The van der Waals surface area contributed by atoms with Crippen molar-refractivity contribution in [2.45, 2.75) is 35.8 Å². The number of carbonyl (C=O) groups excluding carboxylic acids is 1. The van der Waals surface area contributed by atoms with E-state index in [4.69, 9.17) is 4.42 Å². The Labute approximate surface area is 142 Å². The third-order valence-electron chi connectivity index (χ3n) is 2.74. The molecule has 0 unspecified atom stereocenters. The molecule has 6 nitrogen and oxygen atoms in total. The molecule has 2 aromatic heterocycles. The predicted molar refractivity (Wildman–Crippen MR) is 90.9 cm³/mol. The van der Waals surface area contributed by atoms with Crippen LogP contribution < -0.4 is 5.56 Å². The number of thioether (sulfide) groups is 2. The number of nitrogens with zero attached hydrogens (tertiary/aromatic N) is 1. The molecule has 1 N–H and O–H groups in total. The van der Waals surface area contributed by atoms with Crippen LogP contribution in [0.15, 0.2) is 32.6 Å². The van der Waals surface area contributed by atoms with Crippen LogP contribution in [0.25, 0.3) is 0 Å². The number of H-pyrrole nitrogens is 1. The third kappa shape index (κ3) is 5.47. The Kier molecular flexibility index (Phi) is 6.35. The van der Waals surface area contributed by atoms with Crippen LogP contribution in [0.4, 0.5) is 0 Å². The molecule has 0 atom stereocenters. The average Bonchev–Trinajstić information content (AvgIpc) is 2.98. The van der Waals surface area contributed by atoms with Gasteiger partial charge in [0.1, 0.15) is 5.76 Å². The van der Waals surface area contributed by atoms with Crippen LogP contribution >= 0.6 is 23.5 Å². The molecule has 0 saturated heterocycles. The summed E-state index contributed by atoms with van der Waals surface area (Å²) in [4.78, 5) is 30.2. The van der Waals surface area contributed by atoms with Crippen molar-refractivity contribution in [2.75, 3.05) is 7.11 Å². The quantitative estimate of drug-likeness (QED) is 0.464. The second kappa shape index (κ2) is 8.26. The van der Waals surface area contributed by atoms with Crippen molar-refractivity contribution in [1.82, 2.24) is 9.97 Å².